The van der Waals surface area contributed by atoms with Gasteiger partial charge in [-0.2, -0.15) is 0 Å². The molecule has 1 atom stereocenters. The molecule has 10 heteroatoms. The Morgan fingerprint density at radius 3 is 2.12 bits per heavy atom. The van der Waals surface area contributed by atoms with E-state index < -0.39 is 17.9 Å². The molecule has 0 spiro atoms. The van der Waals surface area contributed by atoms with Gasteiger partial charge in [0.1, 0.15) is 11.9 Å². The van der Waals surface area contributed by atoms with Gasteiger partial charge in [0.2, 0.25) is 5.91 Å². The molecule has 1 fully saturated rings. The Morgan fingerprint density at radius 2 is 1.52 bits per heavy atom. The van der Waals surface area contributed by atoms with Crippen molar-refractivity contribution < 1.29 is 23.9 Å². The number of rotatable bonds is 12. The van der Waals surface area contributed by atoms with Crippen molar-refractivity contribution in [2.45, 2.75) is 64.8 Å². The Labute approximate surface area is 307 Å². The van der Waals surface area contributed by atoms with Crippen LogP contribution in [0.25, 0.3) is 33.6 Å². The van der Waals surface area contributed by atoms with Gasteiger partial charge >= 0.3 is 5.97 Å². The van der Waals surface area contributed by atoms with E-state index >= 15 is 4.39 Å². The SMILES string of the molecule is CCCCc1ccc(-c2ccc(-c3cnc(-c4ccc(C[C@H](NC(=O)c5ccc(C(C)(C)C)s5)C(=O)N5CC(C(=O)O)C5)cc4)nc3)c(F)c2)cc1. The molecule has 1 aliphatic heterocycles. The van der Waals surface area contributed by atoms with E-state index in [9.17, 15) is 19.5 Å². The van der Waals surface area contributed by atoms with E-state index in [0.717, 1.165) is 46.4 Å². The molecule has 6 rings (SSSR count). The average molecular weight is 719 g/mol. The molecular formula is C42H43FN4O4S. The van der Waals surface area contributed by atoms with Gasteiger partial charge in [0.25, 0.3) is 5.91 Å². The fraction of sp³-hybridized carbons (Fsp3) is 0.310. The molecule has 5 aromatic rings. The number of hydrogen-bond acceptors (Lipinski definition) is 6. The third kappa shape index (κ3) is 8.45. The van der Waals surface area contributed by atoms with Gasteiger partial charge < -0.3 is 15.3 Å². The summed E-state index contributed by atoms with van der Waals surface area (Å²) in [6.07, 6.45) is 6.76. The number of carboxylic acids is 1. The summed E-state index contributed by atoms with van der Waals surface area (Å²) in [4.78, 5) is 50.2. The highest BCUT2D eigenvalue weighted by molar-refractivity contribution is 7.14. The van der Waals surface area contributed by atoms with Crippen LogP contribution in [0.5, 0.6) is 0 Å². The number of carbonyl (C=O) groups is 3. The molecule has 8 nitrogen and oxygen atoms in total. The Kier molecular flexibility index (Phi) is 11.0. The lowest BCUT2D eigenvalue weighted by molar-refractivity contribution is -0.153. The fourth-order valence-corrected chi connectivity index (χ4v) is 7.11. The number of carbonyl (C=O) groups excluding carboxylic acids is 2. The van der Waals surface area contributed by atoms with E-state index in [1.807, 2.05) is 48.5 Å². The highest BCUT2D eigenvalue weighted by Gasteiger charge is 2.39. The van der Waals surface area contributed by atoms with E-state index in [1.165, 1.54) is 21.8 Å². The van der Waals surface area contributed by atoms with Crippen molar-refractivity contribution in [1.29, 1.82) is 0 Å². The monoisotopic (exact) mass is 718 g/mol. The van der Waals surface area contributed by atoms with Crippen molar-refractivity contribution in [1.82, 2.24) is 20.2 Å². The highest BCUT2D eigenvalue weighted by Crippen LogP contribution is 2.31. The third-order valence-corrected chi connectivity index (χ3v) is 10.9. The zero-order valence-electron chi connectivity index (χ0n) is 29.9. The minimum atomic E-state index is -0.939. The van der Waals surface area contributed by atoms with Gasteiger partial charge in [-0.05, 0) is 58.7 Å². The second kappa shape index (κ2) is 15.6. The van der Waals surface area contributed by atoms with Crippen LogP contribution in [0.15, 0.2) is 91.3 Å². The van der Waals surface area contributed by atoms with Crippen LogP contribution in [0.1, 0.15) is 66.2 Å². The Balaban J connectivity index is 1.13. The topological polar surface area (TPSA) is 112 Å². The minimum absolute atomic E-state index is 0.112. The number of benzene rings is 3. The largest absolute Gasteiger partial charge is 0.481 e. The number of hydrogen-bond donors (Lipinski definition) is 2. The summed E-state index contributed by atoms with van der Waals surface area (Å²) in [6, 6.07) is 23.7. The van der Waals surface area contributed by atoms with Crippen molar-refractivity contribution >= 4 is 29.1 Å². The van der Waals surface area contributed by atoms with Crippen molar-refractivity contribution in [3.05, 3.63) is 118 Å². The van der Waals surface area contributed by atoms with Gasteiger partial charge in [0.15, 0.2) is 5.82 Å². The number of halogens is 1. The molecular weight excluding hydrogens is 676 g/mol. The van der Waals surface area contributed by atoms with E-state index in [4.69, 9.17) is 0 Å². The molecule has 1 aliphatic rings. The molecule has 0 bridgehead atoms. The van der Waals surface area contributed by atoms with Crippen LogP contribution >= 0.6 is 11.3 Å². The third-order valence-electron chi connectivity index (χ3n) is 9.41. The first-order chi connectivity index (χ1) is 24.9. The second-order valence-electron chi connectivity index (χ2n) is 14.4. The zero-order chi connectivity index (χ0) is 37.0. The summed E-state index contributed by atoms with van der Waals surface area (Å²) in [7, 11) is 0. The van der Waals surface area contributed by atoms with Crippen LogP contribution in [-0.2, 0) is 27.8 Å². The minimum Gasteiger partial charge on any atom is -0.481 e. The fourth-order valence-electron chi connectivity index (χ4n) is 6.14. The maximum Gasteiger partial charge on any atom is 0.310 e. The number of nitrogens with zero attached hydrogens (tertiary/aromatic N) is 3. The summed E-state index contributed by atoms with van der Waals surface area (Å²) in [5.74, 6) is -2.10. The summed E-state index contributed by atoms with van der Waals surface area (Å²) >= 11 is 1.39. The average Bonchev–Trinajstić information content (AvgIpc) is 3.62. The molecule has 268 valence electrons. The Morgan fingerprint density at radius 1 is 0.885 bits per heavy atom. The van der Waals surface area contributed by atoms with Crippen LogP contribution < -0.4 is 5.32 Å². The molecule has 0 radical (unpaired) electrons. The first-order valence-electron chi connectivity index (χ1n) is 17.6. The maximum atomic E-state index is 15.3. The van der Waals surface area contributed by atoms with Crippen molar-refractivity contribution in [2.24, 2.45) is 5.92 Å². The van der Waals surface area contributed by atoms with Crippen LogP contribution in [0.2, 0.25) is 0 Å². The number of carboxylic acid groups (broad SMARTS) is 1. The molecule has 0 aliphatic carbocycles. The van der Waals surface area contributed by atoms with Crippen LogP contribution in [0, 0.1) is 11.7 Å². The van der Waals surface area contributed by atoms with Crippen molar-refractivity contribution in [2.75, 3.05) is 13.1 Å². The molecule has 3 aromatic carbocycles. The lowest BCUT2D eigenvalue weighted by atomic mass is 9.95. The highest BCUT2D eigenvalue weighted by atomic mass is 32.1. The van der Waals surface area contributed by atoms with Gasteiger partial charge in [-0.1, -0.05) is 94.8 Å². The number of aromatic nitrogens is 2. The van der Waals surface area contributed by atoms with Gasteiger partial charge in [-0.25, -0.2) is 14.4 Å². The van der Waals surface area contributed by atoms with Gasteiger partial charge in [-0.3, -0.25) is 14.4 Å². The van der Waals surface area contributed by atoms with E-state index in [1.54, 1.807) is 30.6 Å². The summed E-state index contributed by atoms with van der Waals surface area (Å²) in [6.45, 7) is 8.62. The van der Waals surface area contributed by atoms with Gasteiger partial charge in [0.05, 0.1) is 10.8 Å². The number of likely N-dealkylation sites (tertiary alicyclic amines) is 1. The zero-order valence-corrected chi connectivity index (χ0v) is 30.7. The Bertz CT molecular complexity index is 2050. The first kappa shape index (κ1) is 36.6. The lowest BCUT2D eigenvalue weighted by Crippen LogP contribution is -2.59. The molecule has 0 saturated carbocycles. The quantitative estimate of drug-likeness (QED) is 0.135. The molecule has 3 heterocycles. The smallest absolute Gasteiger partial charge is 0.310 e. The van der Waals surface area contributed by atoms with Gasteiger partial charge in [0, 0.05) is 53.5 Å². The molecule has 2 aromatic heterocycles. The number of nitrogens with one attached hydrogen (secondary N) is 1. The summed E-state index contributed by atoms with van der Waals surface area (Å²) in [5.41, 5.74) is 5.44. The van der Waals surface area contributed by atoms with E-state index in [2.05, 4.69) is 55.1 Å². The molecule has 0 unspecified atom stereocenters. The lowest BCUT2D eigenvalue weighted by Gasteiger charge is -2.38. The van der Waals surface area contributed by atoms with E-state index in [-0.39, 0.29) is 42.6 Å². The molecule has 2 amide bonds. The van der Waals surface area contributed by atoms with Crippen LogP contribution in [0.4, 0.5) is 4.39 Å². The van der Waals surface area contributed by atoms with Crippen LogP contribution in [0.3, 0.4) is 0 Å². The number of unbranched alkanes of at least 4 members (excludes halogenated alkanes) is 1. The maximum absolute atomic E-state index is 15.3. The molecule has 1 saturated heterocycles. The predicted molar refractivity (Wildman–Crippen MR) is 203 cm³/mol. The van der Waals surface area contributed by atoms with E-state index in [0.29, 0.717) is 21.8 Å². The first-order valence-corrected chi connectivity index (χ1v) is 18.4. The molecule has 2 N–H and O–H groups in total. The summed E-state index contributed by atoms with van der Waals surface area (Å²) < 4.78 is 15.3. The predicted octanol–water partition coefficient (Wildman–Crippen LogP) is 8.20. The normalized spacial score (nSPS) is 13.8. The molecule has 52 heavy (non-hydrogen) atoms. The van der Waals surface area contributed by atoms with Crippen LogP contribution in [-0.4, -0.2) is 56.9 Å². The number of thiophene rings is 1. The van der Waals surface area contributed by atoms with Crippen molar-refractivity contribution in [3.8, 4) is 33.6 Å². The Hall–Kier alpha value is -5.22. The standard InChI is InChI=1S/C42H43FN4O4S/c1-5-6-7-26-8-12-28(13-9-26)30-16-17-33(34(43)21-30)31-22-44-38(45-23-31)29-14-10-27(11-15-29)20-35(40(49)47-24-32(25-47)41(50)51)46-39(48)36-18-19-37(52-36)42(2,3)4/h8-19,21-23,32,35H,5-7,20,24-25H2,1-4H3,(H,46,48)(H,50,51)/t35-/m0/s1. The van der Waals surface area contributed by atoms with Crippen molar-refractivity contribution in [3.63, 3.8) is 0 Å². The number of aryl methyl sites for hydroxylation is 1. The van der Waals surface area contributed by atoms with Gasteiger partial charge in [-0.15, -0.1) is 11.3 Å². The number of aliphatic carboxylic acids is 1. The summed E-state index contributed by atoms with van der Waals surface area (Å²) in [5, 5.41) is 12.2. The second-order valence-corrected chi connectivity index (χ2v) is 15.5. The number of amides is 2.